The van der Waals surface area contributed by atoms with E-state index >= 15 is 0 Å². The van der Waals surface area contributed by atoms with Gasteiger partial charge in [-0.3, -0.25) is 39.5 Å². The lowest BCUT2D eigenvalue weighted by Crippen LogP contribution is -2.24. The van der Waals surface area contributed by atoms with Crippen molar-refractivity contribution in [2.75, 3.05) is 49.5 Å². The fourth-order valence-corrected chi connectivity index (χ4v) is 7.76. The number of hydrogen-bond donors (Lipinski definition) is 5. The molecule has 0 bridgehead atoms. The minimum atomic E-state index is -2.96. The van der Waals surface area contributed by atoms with Crippen LogP contribution in [0.1, 0.15) is 71.0 Å². The van der Waals surface area contributed by atoms with Crippen LogP contribution in [0.15, 0.2) is 63.6 Å². The minimum Gasteiger partial charge on any atom is -0.494 e. The zero-order valence-corrected chi connectivity index (χ0v) is 38.0. The van der Waals surface area contributed by atoms with Gasteiger partial charge >= 0.3 is 6.09 Å². The molecule has 3 aromatic heterocycles. The number of imidazole rings is 2. The van der Waals surface area contributed by atoms with E-state index in [2.05, 4.69) is 30.1 Å². The molecule has 346 valence electrons. The normalized spacial score (nSPS) is 12.9. The minimum absolute atomic E-state index is 0.00557. The van der Waals surface area contributed by atoms with Crippen molar-refractivity contribution in [3.8, 4) is 11.5 Å². The fraction of sp³-hybridized carbons (Fsp3) is 0.357. The zero-order valence-electron chi connectivity index (χ0n) is 37.2. The molecule has 8 N–H and O–H groups in total. The molecule has 23 heteroatoms. The maximum absolute atomic E-state index is 13.8. The van der Waals surface area contributed by atoms with Crippen molar-refractivity contribution >= 4 is 79.1 Å². The van der Waals surface area contributed by atoms with Crippen LogP contribution in [0.3, 0.4) is 0 Å². The van der Waals surface area contributed by atoms with Crippen LogP contribution in [0.4, 0.5) is 16.7 Å². The Kier molecular flexibility index (Phi) is 15.8. The van der Waals surface area contributed by atoms with Gasteiger partial charge in [0.25, 0.3) is 11.8 Å². The molecule has 2 aromatic carbocycles. The summed E-state index contributed by atoms with van der Waals surface area (Å²) in [6, 6.07) is 7.50. The van der Waals surface area contributed by atoms with Crippen molar-refractivity contribution in [2.45, 2.75) is 60.7 Å². The Labute approximate surface area is 374 Å². The molecule has 3 heterocycles. The third-order valence-electron chi connectivity index (χ3n) is 9.42. The molecule has 0 aliphatic heterocycles. The van der Waals surface area contributed by atoms with Crippen LogP contribution in [0.2, 0.25) is 0 Å². The maximum Gasteiger partial charge on any atom is 0.441 e. The number of aryl methyl sites for hydroxylation is 2. The molecule has 0 fully saturated rings. The summed E-state index contributed by atoms with van der Waals surface area (Å²) in [6.07, 6.45) is 5.57. The highest BCUT2D eigenvalue weighted by Crippen LogP contribution is 2.33. The number of nitrogens with one attached hydrogen (secondary N) is 2. The summed E-state index contributed by atoms with van der Waals surface area (Å²) in [4.78, 5) is 77.6. The van der Waals surface area contributed by atoms with Gasteiger partial charge in [0.05, 0.1) is 46.8 Å². The van der Waals surface area contributed by atoms with Crippen molar-refractivity contribution in [1.29, 1.82) is 0 Å². The number of ether oxygens (including phenoxy) is 3. The predicted molar refractivity (Wildman–Crippen MR) is 246 cm³/mol. The molecule has 0 aliphatic carbocycles. The SMILES string of the molecule is CCN=C(/C=C(/C)N)C(=O)Nc1nc2cc(C(N)=O)cc(OC)c2n1C/C=C/Cn1c(NC(=O)c2cc(C)nn2CC)nc2cc(C(N)=O)cc(OCCCS(C)(=O)=NC(=O)OCC)c21. The van der Waals surface area contributed by atoms with Crippen LogP contribution in [0.5, 0.6) is 11.5 Å². The third kappa shape index (κ3) is 11.9. The number of allylic oxidation sites excluding steroid dienone is 3. The summed E-state index contributed by atoms with van der Waals surface area (Å²) < 4.78 is 38.2. The van der Waals surface area contributed by atoms with E-state index in [1.165, 1.54) is 43.7 Å². The Morgan fingerprint density at radius 2 is 1.45 bits per heavy atom. The molecule has 65 heavy (non-hydrogen) atoms. The topological polar surface area (TPSA) is 310 Å². The maximum atomic E-state index is 13.8. The highest BCUT2D eigenvalue weighted by atomic mass is 32.2. The molecule has 1 atom stereocenters. The number of carbonyl (C=O) groups is 5. The largest absolute Gasteiger partial charge is 0.494 e. The lowest BCUT2D eigenvalue weighted by molar-refractivity contribution is -0.110. The van der Waals surface area contributed by atoms with Gasteiger partial charge in [0.2, 0.25) is 23.7 Å². The zero-order chi connectivity index (χ0) is 47.6. The summed E-state index contributed by atoms with van der Waals surface area (Å²) in [5.74, 6) is -1.98. The molecule has 5 rings (SSSR count). The number of fused-ring (bicyclic) bond motifs is 2. The van der Waals surface area contributed by atoms with Crippen LogP contribution >= 0.6 is 0 Å². The average Bonchev–Trinajstić information content (AvgIpc) is 3.91. The van der Waals surface area contributed by atoms with E-state index in [0.29, 0.717) is 41.0 Å². The predicted octanol–water partition coefficient (Wildman–Crippen LogP) is 3.91. The number of nitrogens with two attached hydrogens (primary N) is 3. The number of primary amides is 2. The van der Waals surface area contributed by atoms with Crippen molar-refractivity contribution in [1.82, 2.24) is 28.9 Å². The Bertz CT molecular complexity index is 2880. The van der Waals surface area contributed by atoms with Crippen LogP contribution < -0.4 is 37.3 Å². The number of amides is 5. The van der Waals surface area contributed by atoms with Crippen LogP contribution in [0.25, 0.3) is 22.1 Å². The number of methoxy groups -OCH3 is 1. The first-order valence-electron chi connectivity index (χ1n) is 20.4. The molecular formula is C42H53N13O9S. The number of nitrogens with zero attached hydrogens (tertiary/aromatic N) is 8. The van der Waals surface area contributed by atoms with Gasteiger partial charge in [-0.15, -0.1) is 4.36 Å². The van der Waals surface area contributed by atoms with Crippen LogP contribution in [0, 0.1) is 6.92 Å². The number of aromatic nitrogens is 6. The van der Waals surface area contributed by atoms with E-state index in [9.17, 15) is 28.2 Å². The molecule has 0 radical (unpaired) electrons. The number of benzene rings is 2. The molecular weight excluding hydrogens is 863 g/mol. The first-order valence-corrected chi connectivity index (χ1v) is 22.5. The molecule has 0 spiro atoms. The Balaban J connectivity index is 1.58. The average molecular weight is 916 g/mol. The third-order valence-corrected chi connectivity index (χ3v) is 11.0. The van der Waals surface area contributed by atoms with Gasteiger partial charge in [-0.25, -0.2) is 19.0 Å². The summed E-state index contributed by atoms with van der Waals surface area (Å²) in [7, 11) is -1.54. The monoisotopic (exact) mass is 915 g/mol. The van der Waals surface area contributed by atoms with E-state index in [-0.39, 0.29) is 89.9 Å². The number of rotatable bonds is 20. The number of anilines is 2. The molecule has 0 aliphatic rings. The molecule has 22 nitrogen and oxygen atoms in total. The standard InChI is InChI=1S/C42H53N13O9S/c1-8-46-30(18-24(4)43)38(58)49-40-47-28-20-26(36(44)56)22-32(62-6)34(28)53(40)14-11-12-15-54-35-29(48-41(54)50-39(59)31-19-25(5)51-55(31)9-2)21-27(37(45)57)23-33(35)64-16-13-17-65(7,61)52-42(60)63-10-3/h11-12,18-23H,8-10,13-17,43H2,1-7H3,(H2,44,56)(H2,45,57)(H,47,49,58)(H,48,50,59)/b12-11+,24-18-,46-30?. The second-order valence-electron chi connectivity index (χ2n) is 14.5. The Hall–Kier alpha value is -7.56. The Morgan fingerprint density at radius 3 is 1.98 bits per heavy atom. The van der Waals surface area contributed by atoms with Crippen molar-refractivity contribution in [3.05, 3.63) is 76.8 Å². The Morgan fingerprint density at radius 1 is 0.862 bits per heavy atom. The van der Waals surface area contributed by atoms with Gasteiger partial charge in [-0.2, -0.15) is 5.10 Å². The van der Waals surface area contributed by atoms with Crippen molar-refractivity contribution in [3.63, 3.8) is 0 Å². The molecule has 0 saturated heterocycles. The van der Waals surface area contributed by atoms with E-state index in [4.69, 9.17) is 36.4 Å². The van der Waals surface area contributed by atoms with Gasteiger partial charge in [0.1, 0.15) is 33.9 Å². The molecule has 1 unspecified atom stereocenters. The van der Waals surface area contributed by atoms with Gasteiger partial charge in [-0.1, -0.05) is 12.2 Å². The van der Waals surface area contributed by atoms with Gasteiger partial charge in [0.15, 0.2) is 0 Å². The summed E-state index contributed by atoms with van der Waals surface area (Å²) in [5.41, 5.74) is 20.1. The number of hydrogen-bond acceptors (Lipinski definition) is 14. The molecule has 5 amide bonds. The number of aliphatic imine (C=N–C) groups is 1. The van der Waals surface area contributed by atoms with Crippen molar-refractivity contribution in [2.24, 2.45) is 26.6 Å². The van der Waals surface area contributed by atoms with Gasteiger partial charge in [-0.05, 0) is 77.4 Å². The first-order chi connectivity index (χ1) is 30.9. The lowest BCUT2D eigenvalue weighted by Gasteiger charge is -2.13. The van der Waals surface area contributed by atoms with Crippen LogP contribution in [-0.2, 0) is 38.9 Å². The smallest absolute Gasteiger partial charge is 0.441 e. The number of carbonyl (C=O) groups excluding carboxylic acids is 5. The highest BCUT2D eigenvalue weighted by Gasteiger charge is 2.23. The van der Waals surface area contributed by atoms with E-state index in [1.54, 1.807) is 59.7 Å². The second kappa shape index (κ2) is 21.2. The molecule has 0 saturated carbocycles. The van der Waals surface area contributed by atoms with Gasteiger partial charge < -0.3 is 40.5 Å². The highest BCUT2D eigenvalue weighted by molar-refractivity contribution is 7.93. The summed E-state index contributed by atoms with van der Waals surface area (Å²) in [6.45, 7) is 9.54. The van der Waals surface area contributed by atoms with E-state index in [0.717, 1.165) is 0 Å². The summed E-state index contributed by atoms with van der Waals surface area (Å²) >= 11 is 0. The fourth-order valence-electron chi connectivity index (χ4n) is 6.65. The van der Waals surface area contributed by atoms with Crippen molar-refractivity contribution < 1.29 is 42.4 Å². The quantitative estimate of drug-likeness (QED) is 0.0421. The lowest BCUT2D eigenvalue weighted by atomic mass is 10.1. The van der Waals surface area contributed by atoms with Gasteiger partial charge in [0, 0.05) is 55.0 Å². The molecule has 5 aromatic rings. The van der Waals surface area contributed by atoms with Crippen LogP contribution in [-0.4, -0.2) is 107 Å². The van der Waals surface area contributed by atoms with E-state index in [1.807, 2.05) is 6.92 Å². The van der Waals surface area contributed by atoms with E-state index < -0.39 is 39.5 Å². The second-order valence-corrected chi connectivity index (χ2v) is 17.0. The summed E-state index contributed by atoms with van der Waals surface area (Å²) in [5, 5.41) is 10.1. The first kappa shape index (κ1) is 48.5.